The van der Waals surface area contributed by atoms with E-state index in [0.29, 0.717) is 29.4 Å². The number of nitrogens with zero attached hydrogens (tertiary/aromatic N) is 1. The molecule has 0 aliphatic heterocycles. The van der Waals surface area contributed by atoms with Crippen molar-refractivity contribution in [2.75, 3.05) is 11.9 Å². The van der Waals surface area contributed by atoms with Gasteiger partial charge in [0, 0.05) is 5.69 Å². The molecule has 3 rings (SSSR count). The van der Waals surface area contributed by atoms with Gasteiger partial charge in [0.2, 0.25) is 0 Å². The number of hydrogen-bond donors (Lipinski definition) is 1. The van der Waals surface area contributed by atoms with E-state index in [0.717, 1.165) is 16.7 Å². The number of rotatable bonds is 8. The van der Waals surface area contributed by atoms with Crippen molar-refractivity contribution in [1.82, 2.24) is 0 Å². The summed E-state index contributed by atoms with van der Waals surface area (Å²) in [7, 11) is 0. The van der Waals surface area contributed by atoms with Crippen molar-refractivity contribution in [2.45, 2.75) is 27.4 Å². The van der Waals surface area contributed by atoms with Gasteiger partial charge in [0.25, 0.3) is 5.91 Å². The lowest BCUT2D eigenvalue weighted by Crippen LogP contribution is -2.15. The van der Waals surface area contributed by atoms with E-state index in [9.17, 15) is 14.4 Å². The average molecular weight is 445 g/mol. The second kappa shape index (κ2) is 11.0. The number of aryl methyl sites for hydroxylation is 2. The molecule has 0 heterocycles. The average Bonchev–Trinajstić information content (AvgIpc) is 2.80. The topological polar surface area (TPSA) is 71.3 Å². The third-order valence-corrected chi connectivity index (χ3v) is 4.97. The molecular formula is C27H25FN2O3. The van der Waals surface area contributed by atoms with Crippen LogP contribution in [0.4, 0.5) is 10.1 Å². The molecule has 0 aliphatic rings. The first-order valence-corrected chi connectivity index (χ1v) is 10.5. The Bertz CT molecular complexity index is 1190. The Kier molecular flexibility index (Phi) is 7.82. The number of nitriles is 1. The number of hydrogen-bond acceptors (Lipinski definition) is 4. The fourth-order valence-electron chi connectivity index (χ4n) is 3.25. The molecule has 1 N–H and O–H groups in total. The molecule has 3 aromatic carbocycles. The number of benzene rings is 3. The molecule has 0 spiro atoms. The van der Waals surface area contributed by atoms with Gasteiger partial charge in [0.15, 0.2) is 11.5 Å². The zero-order valence-electron chi connectivity index (χ0n) is 18.8. The van der Waals surface area contributed by atoms with Gasteiger partial charge in [-0.25, -0.2) is 4.39 Å². The Balaban J connectivity index is 1.80. The van der Waals surface area contributed by atoms with E-state index in [-0.39, 0.29) is 18.0 Å². The van der Waals surface area contributed by atoms with Crippen molar-refractivity contribution in [2.24, 2.45) is 0 Å². The molecule has 0 radical (unpaired) electrons. The summed E-state index contributed by atoms with van der Waals surface area (Å²) in [5, 5.41) is 12.4. The summed E-state index contributed by atoms with van der Waals surface area (Å²) in [6, 6.07) is 18.9. The summed E-state index contributed by atoms with van der Waals surface area (Å²) in [6.07, 6.45) is 1.51. The van der Waals surface area contributed by atoms with Gasteiger partial charge in [-0.3, -0.25) is 4.79 Å². The van der Waals surface area contributed by atoms with Crippen molar-refractivity contribution >= 4 is 17.7 Å². The largest absolute Gasteiger partial charge is 0.490 e. The number of amides is 1. The summed E-state index contributed by atoms with van der Waals surface area (Å²) in [5.74, 6) is 0.210. The van der Waals surface area contributed by atoms with Gasteiger partial charge in [0.05, 0.1) is 6.61 Å². The van der Waals surface area contributed by atoms with Crippen LogP contribution in [0.25, 0.3) is 6.08 Å². The molecule has 0 aromatic heterocycles. The highest BCUT2D eigenvalue weighted by atomic mass is 19.1. The highest BCUT2D eigenvalue weighted by Gasteiger charge is 2.13. The van der Waals surface area contributed by atoms with Crippen LogP contribution in [0.3, 0.4) is 0 Å². The van der Waals surface area contributed by atoms with E-state index in [1.54, 1.807) is 30.3 Å². The zero-order valence-corrected chi connectivity index (χ0v) is 18.8. The molecule has 1 amide bonds. The molecule has 168 valence electrons. The summed E-state index contributed by atoms with van der Waals surface area (Å²) in [6.45, 7) is 6.31. The Morgan fingerprint density at radius 1 is 1.03 bits per heavy atom. The number of ether oxygens (including phenoxy) is 2. The number of halogens is 1. The van der Waals surface area contributed by atoms with Crippen LogP contribution < -0.4 is 14.8 Å². The first-order valence-electron chi connectivity index (χ1n) is 10.5. The molecule has 5 nitrogen and oxygen atoms in total. The minimum absolute atomic E-state index is 0.0277. The second-order valence-corrected chi connectivity index (χ2v) is 7.45. The summed E-state index contributed by atoms with van der Waals surface area (Å²) < 4.78 is 24.6. The molecule has 0 saturated carbocycles. The Morgan fingerprint density at radius 3 is 2.36 bits per heavy atom. The zero-order chi connectivity index (χ0) is 23.8. The molecule has 6 heteroatoms. The molecule has 0 unspecified atom stereocenters. The molecule has 0 saturated heterocycles. The first kappa shape index (κ1) is 23.6. The van der Waals surface area contributed by atoms with E-state index in [1.807, 2.05) is 45.0 Å². The second-order valence-electron chi connectivity index (χ2n) is 7.45. The van der Waals surface area contributed by atoms with Gasteiger partial charge < -0.3 is 14.8 Å². The molecule has 0 atom stereocenters. The fraction of sp³-hybridized carbons (Fsp3) is 0.185. The predicted octanol–water partition coefficient (Wildman–Crippen LogP) is 5.97. The van der Waals surface area contributed by atoms with Crippen LogP contribution in [0.2, 0.25) is 0 Å². The smallest absolute Gasteiger partial charge is 0.266 e. The number of para-hydroxylation sites is 1. The molecule has 3 aromatic rings. The maximum Gasteiger partial charge on any atom is 0.266 e. The van der Waals surface area contributed by atoms with E-state index < -0.39 is 5.91 Å². The maximum absolute atomic E-state index is 13.1. The lowest BCUT2D eigenvalue weighted by atomic mass is 10.1. The predicted molar refractivity (Wildman–Crippen MR) is 126 cm³/mol. The number of anilines is 1. The van der Waals surface area contributed by atoms with Gasteiger partial charge in [-0.15, -0.1) is 0 Å². The third kappa shape index (κ3) is 6.20. The van der Waals surface area contributed by atoms with Gasteiger partial charge in [0.1, 0.15) is 24.1 Å². The monoisotopic (exact) mass is 444 g/mol. The molecule has 33 heavy (non-hydrogen) atoms. The Hall–Kier alpha value is -4.11. The van der Waals surface area contributed by atoms with Gasteiger partial charge >= 0.3 is 0 Å². The minimum atomic E-state index is -0.482. The molecule has 0 fully saturated rings. The standard InChI is InChI=1S/C27H25FN2O3/c1-4-32-25-15-21(10-13-24(25)33-17-20-8-11-23(28)12-9-20)14-22(16-29)27(31)30-26-18(2)6-5-7-19(26)3/h5-15H,4,17H2,1-3H3,(H,30,31)/b22-14-. The van der Waals surface area contributed by atoms with E-state index in [4.69, 9.17) is 9.47 Å². The Morgan fingerprint density at radius 2 is 1.73 bits per heavy atom. The van der Waals surface area contributed by atoms with Crippen LogP contribution in [0.15, 0.2) is 66.2 Å². The lowest BCUT2D eigenvalue weighted by molar-refractivity contribution is -0.112. The fourth-order valence-corrected chi connectivity index (χ4v) is 3.25. The van der Waals surface area contributed by atoms with Crippen molar-refractivity contribution in [1.29, 1.82) is 5.26 Å². The lowest BCUT2D eigenvalue weighted by Gasteiger charge is -2.13. The van der Waals surface area contributed by atoms with Crippen LogP contribution >= 0.6 is 0 Å². The summed E-state index contributed by atoms with van der Waals surface area (Å²) in [5.41, 5.74) is 3.95. The van der Waals surface area contributed by atoms with Crippen LogP contribution in [0.1, 0.15) is 29.2 Å². The normalized spacial score (nSPS) is 10.9. The van der Waals surface area contributed by atoms with Gasteiger partial charge in [-0.1, -0.05) is 36.4 Å². The van der Waals surface area contributed by atoms with Crippen molar-refractivity contribution in [3.63, 3.8) is 0 Å². The van der Waals surface area contributed by atoms with E-state index >= 15 is 0 Å². The van der Waals surface area contributed by atoms with Crippen molar-refractivity contribution in [3.8, 4) is 17.6 Å². The Labute approximate surface area is 193 Å². The summed E-state index contributed by atoms with van der Waals surface area (Å²) >= 11 is 0. The van der Waals surface area contributed by atoms with Crippen LogP contribution in [0.5, 0.6) is 11.5 Å². The van der Waals surface area contributed by atoms with Crippen LogP contribution in [-0.2, 0) is 11.4 Å². The first-order chi connectivity index (χ1) is 15.9. The highest BCUT2D eigenvalue weighted by Crippen LogP contribution is 2.30. The number of nitrogens with one attached hydrogen (secondary N) is 1. The quantitative estimate of drug-likeness (QED) is 0.343. The molecule has 0 aliphatic carbocycles. The SMILES string of the molecule is CCOc1cc(/C=C(/C#N)C(=O)Nc2c(C)cccc2C)ccc1OCc1ccc(F)cc1. The molecular weight excluding hydrogens is 419 g/mol. The highest BCUT2D eigenvalue weighted by molar-refractivity contribution is 6.10. The minimum Gasteiger partial charge on any atom is -0.490 e. The van der Waals surface area contributed by atoms with Gasteiger partial charge in [-0.05, 0) is 73.4 Å². The third-order valence-electron chi connectivity index (χ3n) is 4.97. The van der Waals surface area contributed by atoms with Gasteiger partial charge in [-0.2, -0.15) is 5.26 Å². The van der Waals surface area contributed by atoms with Crippen LogP contribution in [0, 0.1) is 31.0 Å². The van der Waals surface area contributed by atoms with E-state index in [1.165, 1.54) is 18.2 Å². The van der Waals surface area contributed by atoms with Crippen molar-refractivity contribution < 1.29 is 18.7 Å². The van der Waals surface area contributed by atoms with Crippen molar-refractivity contribution in [3.05, 3.63) is 94.3 Å². The number of carbonyl (C=O) groups excluding carboxylic acids is 1. The maximum atomic E-state index is 13.1. The van der Waals surface area contributed by atoms with E-state index in [2.05, 4.69) is 5.32 Å². The van der Waals surface area contributed by atoms with Crippen LogP contribution in [-0.4, -0.2) is 12.5 Å². The molecule has 0 bridgehead atoms. The summed E-state index contributed by atoms with van der Waals surface area (Å²) in [4.78, 5) is 12.7. The number of carbonyl (C=O) groups is 1.